The van der Waals surface area contributed by atoms with Gasteiger partial charge in [-0.25, -0.2) is 0 Å². The van der Waals surface area contributed by atoms with E-state index in [0.29, 0.717) is 12.8 Å². The smallest absolute Gasteiger partial charge is 0.0620 e. The van der Waals surface area contributed by atoms with Crippen molar-refractivity contribution in [2.45, 2.75) is 32.3 Å². The molecule has 2 rings (SSSR count). The normalized spacial score (nSPS) is 12.4. The van der Waals surface area contributed by atoms with Gasteiger partial charge in [0, 0.05) is 5.02 Å². The van der Waals surface area contributed by atoms with Gasteiger partial charge in [-0.3, -0.25) is 0 Å². The molecule has 19 heavy (non-hydrogen) atoms. The molecule has 0 aromatic heterocycles. The SMILES string of the molecule is CCc1ccc(CC(O)Cc2cccc(Cl)c2)cc1. The molecule has 0 fully saturated rings. The van der Waals surface area contributed by atoms with Crippen molar-refractivity contribution in [1.82, 2.24) is 0 Å². The Hall–Kier alpha value is -1.31. The lowest BCUT2D eigenvalue weighted by atomic mass is 10.0. The fourth-order valence-corrected chi connectivity index (χ4v) is 2.40. The summed E-state index contributed by atoms with van der Waals surface area (Å²) in [5.74, 6) is 0. The zero-order valence-electron chi connectivity index (χ0n) is 11.1. The van der Waals surface area contributed by atoms with Gasteiger partial charge >= 0.3 is 0 Å². The highest BCUT2D eigenvalue weighted by molar-refractivity contribution is 6.30. The Morgan fingerprint density at radius 2 is 1.58 bits per heavy atom. The predicted octanol–water partition coefficient (Wildman–Crippen LogP) is 4.05. The first-order chi connectivity index (χ1) is 9.17. The summed E-state index contributed by atoms with van der Waals surface area (Å²) >= 11 is 5.94. The second-order valence-corrected chi connectivity index (χ2v) is 5.30. The Kier molecular flexibility index (Phi) is 5.00. The van der Waals surface area contributed by atoms with Crippen molar-refractivity contribution in [3.8, 4) is 0 Å². The second kappa shape index (κ2) is 6.74. The molecule has 0 saturated heterocycles. The minimum atomic E-state index is -0.369. The summed E-state index contributed by atoms with van der Waals surface area (Å²) in [6.07, 6.45) is 1.99. The molecule has 1 unspecified atom stereocenters. The standard InChI is InChI=1S/C17H19ClO/c1-2-13-6-8-14(9-7-13)11-17(19)12-15-4-3-5-16(18)10-15/h3-10,17,19H,2,11-12H2,1H3. The van der Waals surface area contributed by atoms with E-state index in [1.807, 2.05) is 24.3 Å². The third-order valence-electron chi connectivity index (χ3n) is 3.26. The summed E-state index contributed by atoms with van der Waals surface area (Å²) in [5.41, 5.74) is 3.57. The Morgan fingerprint density at radius 3 is 2.21 bits per heavy atom. The van der Waals surface area contributed by atoms with E-state index in [9.17, 15) is 5.11 Å². The monoisotopic (exact) mass is 274 g/mol. The van der Waals surface area contributed by atoms with Gasteiger partial charge in [-0.2, -0.15) is 0 Å². The molecule has 1 N–H and O–H groups in total. The van der Waals surface area contributed by atoms with Crippen molar-refractivity contribution >= 4 is 11.6 Å². The topological polar surface area (TPSA) is 20.2 Å². The number of aryl methyl sites for hydroxylation is 1. The Labute approximate surface area is 119 Å². The summed E-state index contributed by atoms with van der Waals surface area (Å²) in [6, 6.07) is 16.1. The largest absolute Gasteiger partial charge is 0.392 e. The van der Waals surface area contributed by atoms with Crippen molar-refractivity contribution in [2.75, 3.05) is 0 Å². The number of benzene rings is 2. The lowest BCUT2D eigenvalue weighted by Crippen LogP contribution is -2.13. The molecular weight excluding hydrogens is 256 g/mol. The van der Waals surface area contributed by atoms with Gasteiger partial charge in [0.2, 0.25) is 0 Å². The third kappa shape index (κ3) is 4.38. The fraction of sp³-hybridized carbons (Fsp3) is 0.294. The molecule has 2 aromatic rings. The zero-order chi connectivity index (χ0) is 13.7. The quantitative estimate of drug-likeness (QED) is 0.872. The fourth-order valence-electron chi connectivity index (χ4n) is 2.19. The van der Waals surface area contributed by atoms with Crippen LogP contribution in [0.2, 0.25) is 5.02 Å². The molecule has 0 bridgehead atoms. The van der Waals surface area contributed by atoms with Crippen LogP contribution in [0.25, 0.3) is 0 Å². The number of aliphatic hydroxyl groups excluding tert-OH is 1. The minimum Gasteiger partial charge on any atom is -0.392 e. The van der Waals surface area contributed by atoms with Gasteiger partial charge in [-0.05, 0) is 48.1 Å². The first-order valence-corrected chi connectivity index (χ1v) is 7.05. The summed E-state index contributed by atoms with van der Waals surface area (Å²) in [6.45, 7) is 2.14. The predicted molar refractivity (Wildman–Crippen MR) is 80.7 cm³/mol. The van der Waals surface area contributed by atoms with Crippen LogP contribution in [0.5, 0.6) is 0 Å². The summed E-state index contributed by atoms with van der Waals surface area (Å²) < 4.78 is 0. The van der Waals surface area contributed by atoms with Crippen molar-refractivity contribution in [2.24, 2.45) is 0 Å². The molecule has 1 atom stereocenters. The minimum absolute atomic E-state index is 0.369. The molecule has 0 aliphatic heterocycles. The molecule has 0 spiro atoms. The Bertz CT molecular complexity index is 519. The van der Waals surface area contributed by atoms with Gasteiger partial charge in [-0.15, -0.1) is 0 Å². The molecular formula is C17H19ClO. The number of hydrogen-bond acceptors (Lipinski definition) is 1. The van der Waals surface area contributed by atoms with Crippen LogP contribution >= 0.6 is 11.6 Å². The number of aliphatic hydroxyl groups is 1. The van der Waals surface area contributed by atoms with E-state index >= 15 is 0 Å². The van der Waals surface area contributed by atoms with E-state index in [1.165, 1.54) is 11.1 Å². The maximum Gasteiger partial charge on any atom is 0.0620 e. The van der Waals surface area contributed by atoms with E-state index < -0.39 is 0 Å². The summed E-state index contributed by atoms with van der Waals surface area (Å²) in [4.78, 5) is 0. The van der Waals surface area contributed by atoms with Crippen LogP contribution in [0.1, 0.15) is 23.6 Å². The van der Waals surface area contributed by atoms with Gasteiger partial charge in [-0.1, -0.05) is 54.9 Å². The highest BCUT2D eigenvalue weighted by Gasteiger charge is 2.07. The molecule has 0 aliphatic carbocycles. The van der Waals surface area contributed by atoms with Crippen LogP contribution in [0.15, 0.2) is 48.5 Å². The molecule has 0 saturated carbocycles. The highest BCUT2D eigenvalue weighted by atomic mass is 35.5. The van der Waals surface area contributed by atoms with Crippen LogP contribution in [-0.4, -0.2) is 11.2 Å². The van der Waals surface area contributed by atoms with Gasteiger partial charge < -0.3 is 5.11 Å². The van der Waals surface area contributed by atoms with Crippen molar-refractivity contribution in [3.63, 3.8) is 0 Å². The molecule has 0 aliphatic rings. The number of rotatable bonds is 5. The van der Waals surface area contributed by atoms with E-state index in [4.69, 9.17) is 11.6 Å². The Morgan fingerprint density at radius 1 is 0.947 bits per heavy atom. The van der Waals surface area contributed by atoms with Crippen molar-refractivity contribution < 1.29 is 5.11 Å². The second-order valence-electron chi connectivity index (χ2n) is 4.86. The van der Waals surface area contributed by atoms with E-state index in [-0.39, 0.29) is 6.10 Å². The number of halogens is 1. The van der Waals surface area contributed by atoms with Crippen LogP contribution in [-0.2, 0) is 19.3 Å². The average molecular weight is 275 g/mol. The summed E-state index contributed by atoms with van der Waals surface area (Å²) in [7, 11) is 0. The lowest BCUT2D eigenvalue weighted by molar-refractivity contribution is 0.175. The van der Waals surface area contributed by atoms with Gasteiger partial charge in [0.15, 0.2) is 0 Å². The molecule has 100 valence electrons. The lowest BCUT2D eigenvalue weighted by Gasteiger charge is -2.11. The molecule has 1 nitrogen and oxygen atoms in total. The van der Waals surface area contributed by atoms with E-state index in [1.54, 1.807) is 0 Å². The molecule has 0 radical (unpaired) electrons. The first kappa shape index (κ1) is 14.1. The van der Waals surface area contributed by atoms with Gasteiger partial charge in [0.05, 0.1) is 6.10 Å². The third-order valence-corrected chi connectivity index (χ3v) is 3.50. The van der Waals surface area contributed by atoms with Gasteiger partial charge in [0.1, 0.15) is 0 Å². The van der Waals surface area contributed by atoms with Crippen LogP contribution in [0, 0.1) is 0 Å². The molecule has 0 heterocycles. The van der Waals surface area contributed by atoms with Crippen molar-refractivity contribution in [1.29, 1.82) is 0 Å². The van der Waals surface area contributed by atoms with Gasteiger partial charge in [0.25, 0.3) is 0 Å². The molecule has 2 heteroatoms. The average Bonchev–Trinajstić information content (AvgIpc) is 2.39. The highest BCUT2D eigenvalue weighted by Crippen LogP contribution is 2.14. The molecule has 2 aromatic carbocycles. The Balaban J connectivity index is 1.95. The maximum atomic E-state index is 10.1. The van der Waals surface area contributed by atoms with E-state index in [2.05, 4.69) is 31.2 Å². The summed E-state index contributed by atoms with van der Waals surface area (Å²) in [5, 5.41) is 10.8. The first-order valence-electron chi connectivity index (χ1n) is 6.67. The van der Waals surface area contributed by atoms with Crippen molar-refractivity contribution in [3.05, 3.63) is 70.2 Å². The van der Waals surface area contributed by atoms with Crippen LogP contribution in [0.3, 0.4) is 0 Å². The van der Waals surface area contributed by atoms with Crippen LogP contribution in [0.4, 0.5) is 0 Å². The maximum absolute atomic E-state index is 10.1. The number of hydrogen-bond donors (Lipinski definition) is 1. The zero-order valence-corrected chi connectivity index (χ0v) is 11.9. The molecule has 0 amide bonds. The van der Waals surface area contributed by atoms with Crippen LogP contribution < -0.4 is 0 Å². The van der Waals surface area contributed by atoms with E-state index in [0.717, 1.165) is 17.0 Å².